The number of nitrogens with two attached hydrogens (primary N) is 1. The highest BCUT2D eigenvalue weighted by Crippen LogP contribution is 2.45. The van der Waals surface area contributed by atoms with Crippen LogP contribution >= 0.6 is 0 Å². The number of benzene rings is 2. The Kier molecular flexibility index (Phi) is 3.99. The summed E-state index contributed by atoms with van der Waals surface area (Å²) < 4.78 is 16.3. The van der Waals surface area contributed by atoms with E-state index in [-0.39, 0.29) is 11.7 Å². The fourth-order valence-electron chi connectivity index (χ4n) is 2.61. The van der Waals surface area contributed by atoms with Crippen LogP contribution in [0.2, 0.25) is 0 Å². The van der Waals surface area contributed by atoms with Gasteiger partial charge < -0.3 is 25.1 Å². The lowest BCUT2D eigenvalue weighted by Gasteiger charge is -2.16. The van der Waals surface area contributed by atoms with Crippen molar-refractivity contribution in [2.45, 2.75) is 0 Å². The maximum atomic E-state index is 9.50. The van der Waals surface area contributed by atoms with Crippen LogP contribution in [0.25, 0.3) is 22.2 Å². The highest BCUT2D eigenvalue weighted by atomic mass is 16.5. The molecule has 3 N–H and O–H groups in total. The topological polar surface area (TPSA) is 99.7 Å². The maximum Gasteiger partial charge on any atom is 0.221 e. The van der Waals surface area contributed by atoms with E-state index in [2.05, 4.69) is 9.97 Å². The molecule has 0 aliphatic heterocycles. The van der Waals surface area contributed by atoms with E-state index in [1.165, 1.54) is 21.3 Å². The number of methoxy groups -OCH3 is 3. The molecule has 24 heavy (non-hydrogen) atoms. The zero-order valence-electron chi connectivity index (χ0n) is 13.5. The molecule has 7 heteroatoms. The molecular weight excluding hydrogens is 310 g/mol. The van der Waals surface area contributed by atoms with Crippen molar-refractivity contribution in [3.8, 4) is 34.3 Å². The monoisotopic (exact) mass is 327 g/mol. The van der Waals surface area contributed by atoms with Gasteiger partial charge in [-0.3, -0.25) is 0 Å². The Bertz CT molecular complexity index is 895. The first kappa shape index (κ1) is 15.7. The molecule has 3 rings (SSSR count). The molecule has 0 amide bonds. The summed E-state index contributed by atoms with van der Waals surface area (Å²) in [7, 11) is 4.60. The lowest BCUT2D eigenvalue weighted by atomic mass is 10.0. The van der Waals surface area contributed by atoms with Gasteiger partial charge in [0.05, 0.1) is 37.9 Å². The number of rotatable bonds is 4. The van der Waals surface area contributed by atoms with Gasteiger partial charge in [0.2, 0.25) is 11.7 Å². The van der Waals surface area contributed by atoms with Gasteiger partial charge in [-0.15, -0.1) is 0 Å². The molecule has 0 aliphatic carbocycles. The van der Waals surface area contributed by atoms with E-state index in [1.807, 2.05) is 0 Å². The molecule has 0 saturated carbocycles. The fraction of sp³-hybridized carbons (Fsp3) is 0.176. The van der Waals surface area contributed by atoms with E-state index in [4.69, 9.17) is 19.9 Å². The van der Waals surface area contributed by atoms with Crippen LogP contribution in [0, 0.1) is 0 Å². The zero-order chi connectivity index (χ0) is 17.3. The minimum absolute atomic E-state index is 0.125. The van der Waals surface area contributed by atoms with Crippen LogP contribution in [-0.4, -0.2) is 36.4 Å². The molecule has 1 aromatic heterocycles. The minimum Gasteiger partial charge on any atom is -0.508 e. The maximum absolute atomic E-state index is 9.50. The molecule has 0 atom stereocenters. The standard InChI is InChI=1S/C17H17N3O4/c1-22-12-8-11-13(16(24-3)15(12)23-2)14(20-17(18)19-11)9-4-6-10(21)7-5-9/h4-8,21H,1-3H3,(H2,18,19,20). The lowest BCUT2D eigenvalue weighted by Crippen LogP contribution is -2.02. The minimum atomic E-state index is 0.125. The van der Waals surface area contributed by atoms with Crippen molar-refractivity contribution in [2.24, 2.45) is 0 Å². The smallest absolute Gasteiger partial charge is 0.221 e. The number of fused-ring (bicyclic) bond motifs is 1. The molecule has 1 heterocycles. The molecule has 7 nitrogen and oxygen atoms in total. The number of phenolic OH excluding ortho intramolecular Hbond substituents is 1. The van der Waals surface area contributed by atoms with Gasteiger partial charge in [0.25, 0.3) is 0 Å². The van der Waals surface area contributed by atoms with Gasteiger partial charge >= 0.3 is 0 Å². The van der Waals surface area contributed by atoms with Crippen LogP contribution in [0.15, 0.2) is 30.3 Å². The first-order valence-corrected chi connectivity index (χ1v) is 7.14. The predicted octanol–water partition coefficient (Wildman–Crippen LogP) is 2.61. The number of hydrogen-bond acceptors (Lipinski definition) is 7. The molecule has 0 fully saturated rings. The van der Waals surface area contributed by atoms with Crippen molar-refractivity contribution < 1.29 is 19.3 Å². The van der Waals surface area contributed by atoms with Gasteiger partial charge in [0, 0.05) is 11.6 Å². The van der Waals surface area contributed by atoms with Gasteiger partial charge in [-0.1, -0.05) is 0 Å². The molecule has 0 radical (unpaired) electrons. The molecular formula is C17H17N3O4. The molecule has 0 spiro atoms. The lowest BCUT2D eigenvalue weighted by molar-refractivity contribution is 0.327. The summed E-state index contributed by atoms with van der Waals surface area (Å²) in [5, 5.41) is 10.2. The average Bonchev–Trinajstić information content (AvgIpc) is 2.59. The summed E-state index contributed by atoms with van der Waals surface area (Å²) in [4.78, 5) is 8.62. The third-order valence-corrected chi connectivity index (χ3v) is 3.65. The average molecular weight is 327 g/mol. The number of nitrogen functional groups attached to an aromatic ring is 1. The van der Waals surface area contributed by atoms with Crippen LogP contribution in [0.1, 0.15) is 0 Å². The number of anilines is 1. The first-order valence-electron chi connectivity index (χ1n) is 7.14. The van der Waals surface area contributed by atoms with Crippen LogP contribution in [0.3, 0.4) is 0 Å². The number of aromatic hydroxyl groups is 1. The predicted molar refractivity (Wildman–Crippen MR) is 90.7 cm³/mol. The SMILES string of the molecule is COc1cc2nc(N)nc(-c3ccc(O)cc3)c2c(OC)c1OC. The van der Waals surface area contributed by atoms with Gasteiger partial charge in [-0.2, -0.15) is 0 Å². The van der Waals surface area contributed by atoms with Crippen LogP contribution in [0.4, 0.5) is 5.95 Å². The third-order valence-electron chi connectivity index (χ3n) is 3.65. The summed E-state index contributed by atoms with van der Waals surface area (Å²) in [6.45, 7) is 0. The number of nitrogens with zero attached hydrogens (tertiary/aromatic N) is 2. The van der Waals surface area contributed by atoms with Crippen LogP contribution in [-0.2, 0) is 0 Å². The Morgan fingerprint density at radius 3 is 2.17 bits per heavy atom. The molecule has 0 unspecified atom stereocenters. The highest BCUT2D eigenvalue weighted by molar-refractivity contribution is 6.00. The number of phenols is 1. The normalized spacial score (nSPS) is 10.6. The van der Waals surface area contributed by atoms with Gasteiger partial charge in [-0.25, -0.2) is 9.97 Å². The van der Waals surface area contributed by atoms with Gasteiger partial charge in [-0.05, 0) is 24.3 Å². The van der Waals surface area contributed by atoms with Gasteiger partial charge in [0.15, 0.2) is 11.5 Å². The molecule has 0 saturated heterocycles. The van der Waals surface area contributed by atoms with E-state index >= 15 is 0 Å². The molecule has 0 bridgehead atoms. The van der Waals surface area contributed by atoms with E-state index in [9.17, 15) is 5.11 Å². The summed E-state index contributed by atoms with van der Waals surface area (Å²) in [6, 6.07) is 8.36. The fourth-order valence-corrected chi connectivity index (χ4v) is 2.61. The first-order chi connectivity index (χ1) is 11.6. The molecule has 124 valence electrons. The van der Waals surface area contributed by atoms with Gasteiger partial charge in [0.1, 0.15) is 5.75 Å². The van der Waals surface area contributed by atoms with Crippen LogP contribution < -0.4 is 19.9 Å². The quantitative estimate of drug-likeness (QED) is 0.759. The Hall–Kier alpha value is -3.22. The van der Waals surface area contributed by atoms with E-state index in [0.717, 1.165) is 5.56 Å². The summed E-state index contributed by atoms with van der Waals surface area (Å²) in [5.41, 5.74) is 7.77. The van der Waals surface area contributed by atoms with Crippen molar-refractivity contribution in [2.75, 3.05) is 27.1 Å². The molecule has 0 aliphatic rings. The van der Waals surface area contributed by atoms with E-state index < -0.39 is 0 Å². The van der Waals surface area contributed by atoms with Crippen molar-refractivity contribution in [1.29, 1.82) is 0 Å². The summed E-state index contributed by atoms with van der Waals surface area (Å²) in [5.74, 6) is 1.67. The number of hydrogen-bond donors (Lipinski definition) is 2. The van der Waals surface area contributed by atoms with Crippen molar-refractivity contribution >= 4 is 16.9 Å². The Labute approximate surface area is 138 Å². The van der Waals surface area contributed by atoms with Crippen molar-refractivity contribution in [1.82, 2.24) is 9.97 Å². The zero-order valence-corrected chi connectivity index (χ0v) is 13.5. The van der Waals surface area contributed by atoms with Crippen LogP contribution in [0.5, 0.6) is 23.0 Å². The molecule has 3 aromatic rings. The summed E-state index contributed by atoms with van der Waals surface area (Å²) in [6.07, 6.45) is 0. The second-order valence-corrected chi connectivity index (χ2v) is 5.02. The summed E-state index contributed by atoms with van der Waals surface area (Å²) >= 11 is 0. The van der Waals surface area contributed by atoms with Crippen molar-refractivity contribution in [3.05, 3.63) is 30.3 Å². The third kappa shape index (κ3) is 2.50. The Balaban J connectivity index is 2.42. The second-order valence-electron chi connectivity index (χ2n) is 5.02. The highest BCUT2D eigenvalue weighted by Gasteiger charge is 2.21. The van der Waals surface area contributed by atoms with E-state index in [0.29, 0.717) is 33.8 Å². The number of ether oxygens (including phenoxy) is 3. The largest absolute Gasteiger partial charge is 0.508 e. The van der Waals surface area contributed by atoms with Crippen molar-refractivity contribution in [3.63, 3.8) is 0 Å². The Morgan fingerprint density at radius 2 is 1.58 bits per heavy atom. The molecule has 2 aromatic carbocycles. The Morgan fingerprint density at radius 1 is 0.917 bits per heavy atom. The second kappa shape index (κ2) is 6.11. The number of aromatic nitrogens is 2. The van der Waals surface area contributed by atoms with E-state index in [1.54, 1.807) is 30.3 Å².